The molecule has 184 valence electrons. The van der Waals surface area contributed by atoms with Crippen molar-refractivity contribution in [2.24, 2.45) is 0 Å². The summed E-state index contributed by atoms with van der Waals surface area (Å²) >= 11 is 0. The van der Waals surface area contributed by atoms with Gasteiger partial charge < -0.3 is 24.4 Å². The van der Waals surface area contributed by atoms with Crippen LogP contribution in [0.1, 0.15) is 17.4 Å². The molecule has 13 heteroatoms. The number of rotatable bonds is 7. The molecular weight excluding hydrogens is 469 g/mol. The molecule has 0 bridgehead atoms. The Morgan fingerprint density at radius 2 is 2.03 bits per heavy atom. The number of anilines is 3. The van der Waals surface area contributed by atoms with Gasteiger partial charge in [0.05, 0.1) is 26.0 Å². The van der Waals surface area contributed by atoms with E-state index in [0.717, 1.165) is 6.20 Å². The standard InChI is InChI=1S/C22H21F3N6O4/c1-12-11-31(7-8-34-12)22-26-10-16(23)19(28-22)27-17-9-15(18(30-29-17)20(32)33-2)13-3-5-14(6-4-13)35-21(24)25/h3-6,9-10,12,21H,7-8,11H2,1-2H3,(H,26,27,28,29)/t12-/m0/s1. The summed E-state index contributed by atoms with van der Waals surface area (Å²) in [7, 11) is 1.18. The number of nitrogens with zero attached hydrogens (tertiary/aromatic N) is 5. The molecule has 0 saturated carbocycles. The molecule has 1 aliphatic rings. The van der Waals surface area contributed by atoms with E-state index in [9.17, 15) is 18.0 Å². The number of morpholine rings is 1. The van der Waals surface area contributed by atoms with Crippen LogP contribution in [0.15, 0.2) is 36.5 Å². The van der Waals surface area contributed by atoms with Gasteiger partial charge in [0.25, 0.3) is 0 Å². The van der Waals surface area contributed by atoms with E-state index in [0.29, 0.717) is 31.2 Å². The summed E-state index contributed by atoms with van der Waals surface area (Å²) in [5.41, 5.74) is 0.595. The fourth-order valence-corrected chi connectivity index (χ4v) is 3.46. The number of nitrogens with one attached hydrogen (secondary N) is 1. The van der Waals surface area contributed by atoms with Crippen LogP contribution < -0.4 is 15.0 Å². The summed E-state index contributed by atoms with van der Waals surface area (Å²) in [4.78, 5) is 22.4. The second kappa shape index (κ2) is 10.5. The highest BCUT2D eigenvalue weighted by atomic mass is 19.3. The molecule has 1 aliphatic heterocycles. The first-order valence-corrected chi connectivity index (χ1v) is 10.5. The van der Waals surface area contributed by atoms with Crippen LogP contribution in [0.3, 0.4) is 0 Å². The Bertz CT molecular complexity index is 1200. The number of carbonyl (C=O) groups excluding carboxylic acids is 1. The fourth-order valence-electron chi connectivity index (χ4n) is 3.46. The molecular formula is C22H21F3N6O4. The zero-order valence-electron chi connectivity index (χ0n) is 18.7. The minimum Gasteiger partial charge on any atom is -0.464 e. The maximum absolute atomic E-state index is 14.5. The molecule has 3 heterocycles. The summed E-state index contributed by atoms with van der Waals surface area (Å²) in [5.74, 6) is -1.28. The quantitative estimate of drug-likeness (QED) is 0.495. The third kappa shape index (κ3) is 5.74. The van der Waals surface area contributed by atoms with Crippen LogP contribution in [0.2, 0.25) is 0 Å². The lowest BCUT2D eigenvalue weighted by molar-refractivity contribution is -0.0498. The molecule has 35 heavy (non-hydrogen) atoms. The lowest BCUT2D eigenvalue weighted by atomic mass is 10.0. The van der Waals surface area contributed by atoms with Crippen molar-refractivity contribution in [2.45, 2.75) is 19.6 Å². The van der Waals surface area contributed by atoms with Crippen LogP contribution in [0.4, 0.5) is 30.8 Å². The summed E-state index contributed by atoms with van der Waals surface area (Å²) in [5, 5.41) is 10.6. The Balaban J connectivity index is 1.65. The zero-order valence-corrected chi connectivity index (χ0v) is 18.7. The number of hydrogen-bond donors (Lipinski definition) is 1. The van der Waals surface area contributed by atoms with E-state index in [1.165, 1.54) is 37.4 Å². The van der Waals surface area contributed by atoms with Crippen molar-refractivity contribution >= 4 is 23.6 Å². The maximum atomic E-state index is 14.5. The first kappa shape index (κ1) is 24.1. The van der Waals surface area contributed by atoms with Gasteiger partial charge in [-0.2, -0.15) is 13.8 Å². The average molecular weight is 490 g/mol. The van der Waals surface area contributed by atoms with Crippen LogP contribution in [0, 0.1) is 5.82 Å². The molecule has 2 aromatic heterocycles. The SMILES string of the molecule is COC(=O)c1nnc(Nc2nc(N3CCO[C@@H](C)C3)ncc2F)cc1-c1ccc(OC(F)F)cc1. The summed E-state index contributed by atoms with van der Waals surface area (Å²) in [6.07, 6.45) is 1.02. The molecule has 1 atom stereocenters. The Hall–Kier alpha value is -4.00. The van der Waals surface area contributed by atoms with E-state index < -0.39 is 18.4 Å². The van der Waals surface area contributed by atoms with Crippen molar-refractivity contribution in [3.8, 4) is 16.9 Å². The second-order valence-electron chi connectivity index (χ2n) is 7.51. The molecule has 0 spiro atoms. The highest BCUT2D eigenvalue weighted by Crippen LogP contribution is 2.29. The van der Waals surface area contributed by atoms with Gasteiger partial charge in [-0.3, -0.25) is 0 Å². The molecule has 0 radical (unpaired) electrons. The fraction of sp³-hybridized carbons (Fsp3) is 0.318. The highest BCUT2D eigenvalue weighted by Gasteiger charge is 2.22. The van der Waals surface area contributed by atoms with Gasteiger partial charge in [0, 0.05) is 18.7 Å². The van der Waals surface area contributed by atoms with Crippen LogP contribution in [0.25, 0.3) is 11.1 Å². The van der Waals surface area contributed by atoms with E-state index in [1.54, 1.807) is 0 Å². The number of halogens is 3. The van der Waals surface area contributed by atoms with E-state index >= 15 is 0 Å². The normalized spacial score (nSPS) is 15.7. The Morgan fingerprint density at radius 3 is 2.71 bits per heavy atom. The molecule has 1 fully saturated rings. The van der Waals surface area contributed by atoms with Gasteiger partial charge in [-0.05, 0) is 30.7 Å². The lowest BCUT2D eigenvalue weighted by Crippen LogP contribution is -2.42. The summed E-state index contributed by atoms with van der Waals surface area (Å²) in [6.45, 7) is 0.543. The third-order valence-corrected chi connectivity index (χ3v) is 5.06. The number of hydrogen-bond acceptors (Lipinski definition) is 10. The molecule has 0 unspecified atom stereocenters. The Morgan fingerprint density at radius 1 is 1.26 bits per heavy atom. The van der Waals surface area contributed by atoms with Crippen molar-refractivity contribution in [1.29, 1.82) is 0 Å². The van der Waals surface area contributed by atoms with Gasteiger partial charge in [-0.15, -0.1) is 10.2 Å². The lowest BCUT2D eigenvalue weighted by Gasteiger charge is -2.31. The first-order valence-electron chi connectivity index (χ1n) is 10.5. The predicted molar refractivity (Wildman–Crippen MR) is 118 cm³/mol. The van der Waals surface area contributed by atoms with Crippen LogP contribution in [0.5, 0.6) is 5.75 Å². The van der Waals surface area contributed by atoms with Crippen LogP contribution >= 0.6 is 0 Å². The highest BCUT2D eigenvalue weighted by molar-refractivity contribution is 5.95. The van der Waals surface area contributed by atoms with E-state index in [-0.39, 0.29) is 34.7 Å². The third-order valence-electron chi connectivity index (χ3n) is 5.06. The van der Waals surface area contributed by atoms with Crippen molar-refractivity contribution in [3.63, 3.8) is 0 Å². The van der Waals surface area contributed by atoms with Gasteiger partial charge in [0.1, 0.15) is 5.75 Å². The van der Waals surface area contributed by atoms with Crippen LogP contribution in [-0.4, -0.2) is 65.7 Å². The number of esters is 1. The number of aromatic nitrogens is 4. The van der Waals surface area contributed by atoms with Gasteiger partial charge in [-0.25, -0.2) is 14.2 Å². The number of ether oxygens (including phenoxy) is 3. The van der Waals surface area contributed by atoms with Crippen molar-refractivity contribution in [1.82, 2.24) is 20.2 Å². The minimum absolute atomic E-state index is 0.0226. The van der Waals surface area contributed by atoms with E-state index in [4.69, 9.17) is 9.47 Å². The molecule has 1 saturated heterocycles. The predicted octanol–water partition coefficient (Wildman–Crippen LogP) is 3.43. The molecule has 4 rings (SSSR count). The smallest absolute Gasteiger partial charge is 0.387 e. The molecule has 0 aliphatic carbocycles. The number of alkyl halides is 2. The summed E-state index contributed by atoms with van der Waals surface area (Å²) < 4.78 is 54.1. The zero-order chi connectivity index (χ0) is 24.9. The average Bonchev–Trinajstić information content (AvgIpc) is 2.85. The summed E-state index contributed by atoms with van der Waals surface area (Å²) in [6, 6.07) is 7.01. The first-order chi connectivity index (χ1) is 16.8. The van der Waals surface area contributed by atoms with Crippen LogP contribution in [-0.2, 0) is 9.47 Å². The van der Waals surface area contributed by atoms with E-state index in [2.05, 4.69) is 30.2 Å². The molecule has 1 aromatic carbocycles. The molecule has 0 amide bonds. The van der Waals surface area contributed by atoms with Crippen molar-refractivity contribution < 1.29 is 32.2 Å². The molecule has 3 aromatic rings. The Labute approximate surface area is 198 Å². The van der Waals surface area contributed by atoms with Gasteiger partial charge in [-0.1, -0.05) is 12.1 Å². The van der Waals surface area contributed by atoms with Crippen molar-refractivity contribution in [2.75, 3.05) is 37.0 Å². The maximum Gasteiger partial charge on any atom is 0.387 e. The van der Waals surface area contributed by atoms with Gasteiger partial charge in [0.15, 0.2) is 23.1 Å². The van der Waals surface area contributed by atoms with Gasteiger partial charge in [0.2, 0.25) is 5.95 Å². The Kier molecular flexibility index (Phi) is 7.25. The van der Waals surface area contributed by atoms with Crippen molar-refractivity contribution in [3.05, 3.63) is 48.0 Å². The van der Waals surface area contributed by atoms with Gasteiger partial charge >= 0.3 is 12.6 Å². The minimum atomic E-state index is -2.97. The monoisotopic (exact) mass is 490 g/mol. The molecule has 10 nitrogen and oxygen atoms in total. The number of benzene rings is 1. The number of carbonyl (C=O) groups is 1. The largest absolute Gasteiger partial charge is 0.464 e. The number of methoxy groups -OCH3 is 1. The topological polar surface area (TPSA) is 112 Å². The molecule has 1 N–H and O–H groups in total. The second-order valence-corrected chi connectivity index (χ2v) is 7.51. The van der Waals surface area contributed by atoms with E-state index in [1.807, 2.05) is 11.8 Å².